The van der Waals surface area contributed by atoms with Crippen LogP contribution in [0.15, 0.2) is 36.4 Å². The van der Waals surface area contributed by atoms with Crippen LogP contribution in [-0.2, 0) is 0 Å². The molecule has 0 radical (unpaired) electrons. The number of quaternary nitrogens is 1. The summed E-state index contributed by atoms with van der Waals surface area (Å²) in [6.07, 6.45) is 0. The van der Waals surface area contributed by atoms with Gasteiger partial charge < -0.3 is 22.2 Å². The molecule has 2 aromatic rings. The van der Waals surface area contributed by atoms with E-state index in [4.69, 9.17) is 11.6 Å². The van der Waals surface area contributed by atoms with Crippen molar-refractivity contribution in [3.63, 3.8) is 0 Å². The molecule has 1 amide bonds. The number of para-hydroxylation sites is 1. The van der Waals surface area contributed by atoms with Gasteiger partial charge in [0.15, 0.2) is 5.82 Å². The average Bonchev–Trinajstić information content (AvgIpc) is 2.62. The van der Waals surface area contributed by atoms with E-state index in [9.17, 15) is 4.79 Å². The Hall–Kier alpha value is -1.82. The smallest absolute Gasteiger partial charge is 0.260 e. The van der Waals surface area contributed by atoms with Gasteiger partial charge in [0.2, 0.25) is 0 Å². The van der Waals surface area contributed by atoms with Crippen molar-refractivity contribution in [2.24, 2.45) is 0 Å². The lowest BCUT2D eigenvalue weighted by Gasteiger charge is -2.24. The first kappa shape index (κ1) is 18.5. The van der Waals surface area contributed by atoms with Crippen molar-refractivity contribution in [3.05, 3.63) is 47.1 Å². The van der Waals surface area contributed by atoms with Crippen molar-refractivity contribution in [3.8, 4) is 0 Å². The number of pyridine rings is 1. The molecule has 0 saturated heterocycles. The van der Waals surface area contributed by atoms with Crippen molar-refractivity contribution in [2.45, 2.75) is 0 Å². The number of hydrogen-bond donors (Lipinski definition) is 1. The lowest BCUT2D eigenvalue weighted by atomic mass is 10.1. The maximum absolute atomic E-state index is 13.1. The molecule has 0 saturated carbocycles. The Balaban J connectivity index is 0.00000208. The van der Waals surface area contributed by atoms with Gasteiger partial charge in [-0.3, -0.25) is 9.69 Å². The minimum atomic E-state index is -0.00317. The average molecular weight is 367 g/mol. The molecule has 0 fully saturated rings. The van der Waals surface area contributed by atoms with E-state index in [0.29, 0.717) is 23.1 Å². The molecule has 1 aromatic heterocycles. The second-order valence-electron chi connectivity index (χ2n) is 5.97. The summed E-state index contributed by atoms with van der Waals surface area (Å²) in [5.74, 6) is 0.695. The summed E-state index contributed by atoms with van der Waals surface area (Å²) >= 11 is 6.09. The summed E-state index contributed by atoms with van der Waals surface area (Å²) in [6.45, 7) is 1.47. The molecule has 24 heavy (non-hydrogen) atoms. The van der Waals surface area contributed by atoms with Crippen LogP contribution in [0.25, 0.3) is 0 Å². The monoisotopic (exact) mass is 366 g/mol. The molecule has 1 aliphatic heterocycles. The van der Waals surface area contributed by atoms with Gasteiger partial charge in [-0.15, -0.1) is 0 Å². The van der Waals surface area contributed by atoms with Gasteiger partial charge in [0.25, 0.3) is 5.91 Å². The van der Waals surface area contributed by atoms with Crippen molar-refractivity contribution < 1.29 is 22.1 Å². The van der Waals surface area contributed by atoms with Crippen molar-refractivity contribution in [2.75, 3.05) is 44.0 Å². The predicted octanol–water partition coefficient (Wildman–Crippen LogP) is -1.39. The highest BCUT2D eigenvalue weighted by molar-refractivity contribution is 6.29. The molecular formula is C17H20Cl2N4O. The third kappa shape index (κ3) is 3.34. The zero-order valence-corrected chi connectivity index (χ0v) is 15.4. The first-order valence-electron chi connectivity index (χ1n) is 7.59. The first-order chi connectivity index (χ1) is 11.0. The molecule has 0 spiro atoms. The quantitative estimate of drug-likeness (QED) is 0.680. The molecule has 3 rings (SSSR count). The van der Waals surface area contributed by atoms with Crippen LogP contribution in [-0.4, -0.2) is 45.1 Å². The molecule has 1 aliphatic rings. The minimum Gasteiger partial charge on any atom is -1.00 e. The number of anilines is 3. The molecule has 0 unspecified atom stereocenters. The highest BCUT2D eigenvalue weighted by Crippen LogP contribution is 2.38. The van der Waals surface area contributed by atoms with Crippen LogP contribution < -0.4 is 27.1 Å². The van der Waals surface area contributed by atoms with Crippen LogP contribution in [0.1, 0.15) is 10.4 Å². The van der Waals surface area contributed by atoms with E-state index >= 15 is 0 Å². The zero-order chi connectivity index (χ0) is 16.6. The maximum Gasteiger partial charge on any atom is 0.260 e. The molecule has 0 aliphatic carbocycles. The number of fused-ring (bicyclic) bond motifs is 2. The number of amides is 1. The summed E-state index contributed by atoms with van der Waals surface area (Å²) in [5.41, 5.74) is 2.31. The van der Waals surface area contributed by atoms with E-state index in [1.165, 1.54) is 4.90 Å². The number of benzene rings is 1. The molecule has 0 atom stereocenters. The van der Waals surface area contributed by atoms with Crippen LogP contribution in [0.3, 0.4) is 0 Å². The fourth-order valence-electron chi connectivity index (χ4n) is 2.75. The van der Waals surface area contributed by atoms with Gasteiger partial charge in [-0.2, -0.15) is 0 Å². The Labute approximate surface area is 153 Å². The number of rotatable bonds is 3. The largest absolute Gasteiger partial charge is 1.00 e. The number of hydrogen-bond acceptors (Lipinski definition) is 3. The van der Waals surface area contributed by atoms with E-state index in [2.05, 4.69) is 19.1 Å². The molecule has 128 valence electrons. The molecule has 2 heterocycles. The standard InChI is InChI=1S/C17H19ClN4O.ClH/c1-20(2)10-11-22-14-8-9-15(18)19-16(14)21(3)13-7-5-4-6-12(13)17(22)23;/h4-9H,10-11H2,1-3H3;1H. The molecule has 7 heteroatoms. The number of likely N-dealkylation sites (N-methyl/N-ethyl adjacent to an activating group) is 1. The number of nitrogens with one attached hydrogen (secondary N) is 1. The second-order valence-corrected chi connectivity index (χ2v) is 6.35. The Kier molecular flexibility index (Phi) is 5.70. The molecule has 0 bridgehead atoms. The number of carbonyl (C=O) groups excluding carboxylic acids is 1. The van der Waals surface area contributed by atoms with Crippen molar-refractivity contribution in [1.82, 2.24) is 4.98 Å². The second kappa shape index (κ2) is 7.38. The van der Waals surface area contributed by atoms with Gasteiger partial charge in [-0.25, -0.2) is 4.98 Å². The molecule has 1 aromatic carbocycles. The topological polar surface area (TPSA) is 40.9 Å². The SMILES string of the molecule is CN1c2ccccc2C(=O)N(CC[NH+](C)C)c2ccc(Cl)nc21.[Cl-]. The Morgan fingerprint density at radius 2 is 1.83 bits per heavy atom. The minimum absolute atomic E-state index is 0. The number of halogens is 2. The van der Waals surface area contributed by atoms with Crippen molar-refractivity contribution in [1.29, 1.82) is 0 Å². The Bertz CT molecular complexity index is 751. The lowest BCUT2D eigenvalue weighted by molar-refractivity contribution is -0.856. The summed E-state index contributed by atoms with van der Waals surface area (Å²) in [7, 11) is 6.06. The van der Waals surface area contributed by atoms with E-state index in [1.807, 2.05) is 42.3 Å². The third-order valence-corrected chi connectivity index (χ3v) is 4.22. The maximum atomic E-state index is 13.1. The summed E-state index contributed by atoms with van der Waals surface area (Å²) < 4.78 is 0. The summed E-state index contributed by atoms with van der Waals surface area (Å²) in [5, 5.41) is 0.417. The van der Waals surface area contributed by atoms with E-state index in [1.54, 1.807) is 11.0 Å². The Morgan fingerprint density at radius 1 is 1.12 bits per heavy atom. The van der Waals surface area contributed by atoms with Gasteiger partial charge in [-0.1, -0.05) is 23.7 Å². The molecular weight excluding hydrogens is 347 g/mol. The number of nitrogens with zero attached hydrogens (tertiary/aromatic N) is 3. The fourth-order valence-corrected chi connectivity index (χ4v) is 2.89. The van der Waals surface area contributed by atoms with Gasteiger partial charge >= 0.3 is 0 Å². The Morgan fingerprint density at radius 3 is 2.54 bits per heavy atom. The summed E-state index contributed by atoms with van der Waals surface area (Å²) in [4.78, 5) is 22.5. The third-order valence-electron chi connectivity index (χ3n) is 4.01. The molecule has 5 nitrogen and oxygen atoms in total. The van der Waals surface area contributed by atoms with E-state index in [0.717, 1.165) is 17.9 Å². The highest BCUT2D eigenvalue weighted by atomic mass is 35.5. The van der Waals surface area contributed by atoms with E-state index < -0.39 is 0 Å². The first-order valence-corrected chi connectivity index (χ1v) is 7.97. The van der Waals surface area contributed by atoms with Crippen LogP contribution in [0, 0.1) is 0 Å². The van der Waals surface area contributed by atoms with Crippen LogP contribution in [0.4, 0.5) is 17.2 Å². The van der Waals surface area contributed by atoms with Crippen LogP contribution in [0.2, 0.25) is 5.15 Å². The predicted molar refractivity (Wildman–Crippen MR) is 93.1 cm³/mol. The van der Waals surface area contributed by atoms with Crippen LogP contribution >= 0.6 is 11.6 Å². The highest BCUT2D eigenvalue weighted by Gasteiger charge is 2.30. The van der Waals surface area contributed by atoms with Gasteiger partial charge in [0.1, 0.15) is 5.15 Å². The van der Waals surface area contributed by atoms with E-state index in [-0.39, 0.29) is 18.3 Å². The van der Waals surface area contributed by atoms with Crippen molar-refractivity contribution >= 4 is 34.7 Å². The number of aromatic nitrogens is 1. The van der Waals surface area contributed by atoms with Gasteiger partial charge in [0, 0.05) is 7.05 Å². The summed E-state index contributed by atoms with van der Waals surface area (Å²) in [6, 6.07) is 11.2. The van der Waals surface area contributed by atoms with Gasteiger partial charge in [-0.05, 0) is 24.3 Å². The zero-order valence-electron chi connectivity index (χ0n) is 13.9. The van der Waals surface area contributed by atoms with Crippen LogP contribution in [0.5, 0.6) is 0 Å². The normalized spacial score (nSPS) is 13.3. The fraction of sp³-hybridized carbons (Fsp3) is 0.294. The number of carbonyl (C=O) groups is 1. The molecule has 1 N–H and O–H groups in total. The van der Waals surface area contributed by atoms with Gasteiger partial charge in [0.05, 0.1) is 44.1 Å². The lowest BCUT2D eigenvalue weighted by Crippen LogP contribution is -3.06.